The highest BCUT2D eigenvalue weighted by Crippen LogP contribution is 2.18. The fourth-order valence-corrected chi connectivity index (χ4v) is 12.9. The summed E-state index contributed by atoms with van der Waals surface area (Å²) in [5.74, 6) is 0. The predicted octanol–water partition coefficient (Wildman–Crippen LogP) is 23.6. The maximum absolute atomic E-state index is 10.5. The van der Waals surface area contributed by atoms with Gasteiger partial charge in [0.15, 0.2) is 0 Å². The molecule has 0 atom stereocenters. The maximum Gasteiger partial charge on any atom is 0.0755 e. The van der Waals surface area contributed by atoms with Gasteiger partial charge in [-0.15, -0.1) is 5.46 Å². The van der Waals surface area contributed by atoms with Gasteiger partial charge in [-0.1, -0.05) is 432 Å². The first kappa shape index (κ1) is 88.2. The van der Waals surface area contributed by atoms with Crippen LogP contribution in [0.4, 0.5) is 0 Å². The quantitative estimate of drug-likeness (QED) is 0.0503. The summed E-state index contributed by atoms with van der Waals surface area (Å²) in [7, 11) is -1.85. The van der Waals surface area contributed by atoms with Crippen LogP contribution in [0.1, 0.15) is 464 Å². The topological polar surface area (TPSA) is 79.3 Å². The molecule has 0 aliphatic carbocycles. The summed E-state index contributed by atoms with van der Waals surface area (Å²) in [6.45, 7) is 16.9. The first-order valence-corrected chi connectivity index (χ1v) is 41.1. The van der Waals surface area contributed by atoms with E-state index >= 15 is 0 Å². The maximum atomic E-state index is 10.5. The van der Waals surface area contributed by atoms with E-state index in [1.165, 1.54) is 443 Å². The zero-order chi connectivity index (χ0) is 63.2. The lowest BCUT2D eigenvalue weighted by Crippen LogP contribution is -2.84. The van der Waals surface area contributed by atoms with Gasteiger partial charge in [0.25, 0.3) is 0 Å². The second kappa shape index (κ2) is 83.1. The van der Waals surface area contributed by atoms with Crippen LogP contribution in [-0.4, -0.2) is 33.3 Å². The first-order chi connectivity index (χ1) is 43.1. The van der Waals surface area contributed by atoms with Gasteiger partial charge in [0.05, 0.1) is 26.2 Å². The number of quaternary nitrogens is 2. The molecule has 0 heterocycles. The molecule has 0 saturated carbocycles. The lowest BCUT2D eigenvalue weighted by atomic mass is 9.80. The minimum Gasteiger partial charge on any atom is -0.889 e. The molecular formula is C82H165BN2O2. The number of nitrogens with two attached hydrogens (primary N) is 2. The molecule has 518 valence electrons. The molecule has 1 rings (SSSR count). The zero-order valence-corrected chi connectivity index (χ0v) is 61.1. The van der Waals surface area contributed by atoms with Crippen molar-refractivity contribution in [3.05, 3.63) is 29.8 Å². The molecule has 0 fully saturated rings. The highest BCUT2D eigenvalue weighted by Gasteiger charge is 2.02. The van der Waals surface area contributed by atoms with Gasteiger partial charge in [0.2, 0.25) is 0 Å². The summed E-state index contributed by atoms with van der Waals surface area (Å²) >= 11 is 0. The Morgan fingerprint density at radius 3 is 0.506 bits per heavy atom. The third-order valence-corrected chi connectivity index (χ3v) is 19.1. The fraction of sp³-hybridized carbons (Fsp3) is 0.927. The molecule has 0 bridgehead atoms. The molecule has 0 radical (unpaired) electrons. The van der Waals surface area contributed by atoms with Crippen molar-refractivity contribution in [1.82, 2.24) is 0 Å². The van der Waals surface area contributed by atoms with Crippen molar-refractivity contribution in [2.24, 2.45) is 0 Å². The lowest BCUT2D eigenvalue weighted by Gasteiger charge is -2.26. The van der Waals surface area contributed by atoms with Crippen LogP contribution in [0.3, 0.4) is 0 Å². The van der Waals surface area contributed by atoms with Crippen LogP contribution in [-0.2, 0) is 6.42 Å². The first-order valence-electron chi connectivity index (χ1n) is 41.1. The van der Waals surface area contributed by atoms with E-state index in [0.29, 0.717) is 5.46 Å². The monoisotopic (exact) mass is 1220 g/mol. The molecule has 1 aromatic carbocycles. The number of aryl methyl sites for hydroxylation is 1. The van der Waals surface area contributed by atoms with Crippen molar-refractivity contribution >= 4 is 12.6 Å². The van der Waals surface area contributed by atoms with E-state index in [1.807, 2.05) is 12.1 Å². The van der Waals surface area contributed by atoms with E-state index in [2.05, 4.69) is 45.3 Å². The predicted molar refractivity (Wildman–Crippen MR) is 392 cm³/mol. The van der Waals surface area contributed by atoms with Crippen LogP contribution >= 0.6 is 0 Å². The highest BCUT2D eigenvalue weighted by molar-refractivity contribution is 6.55. The summed E-state index contributed by atoms with van der Waals surface area (Å²) in [6.07, 6.45) is 97.4. The van der Waals surface area contributed by atoms with Crippen molar-refractivity contribution < 1.29 is 20.7 Å². The second-order valence-electron chi connectivity index (χ2n) is 28.1. The normalized spacial score (nSPS) is 11.3. The number of hydrogen-bond acceptors (Lipinski definition) is 2. The highest BCUT2D eigenvalue weighted by atomic mass is 16.4. The van der Waals surface area contributed by atoms with Gasteiger partial charge in [-0.2, -0.15) is 0 Å². The van der Waals surface area contributed by atoms with Crippen molar-refractivity contribution in [3.8, 4) is 0 Å². The molecule has 0 aliphatic rings. The second-order valence-corrected chi connectivity index (χ2v) is 28.1. The van der Waals surface area contributed by atoms with Crippen LogP contribution in [0.2, 0.25) is 0 Å². The number of hydrogen-bond donors (Lipinski definition) is 2. The zero-order valence-electron chi connectivity index (χ0n) is 61.1. The average Bonchev–Trinajstić information content (AvgIpc) is 3.72. The van der Waals surface area contributed by atoms with Crippen LogP contribution < -0.4 is 26.1 Å². The van der Waals surface area contributed by atoms with E-state index < -0.39 is 7.12 Å². The van der Waals surface area contributed by atoms with Crippen molar-refractivity contribution in [3.63, 3.8) is 0 Å². The Labute approximate surface area is 551 Å². The Morgan fingerprint density at radius 1 is 0.207 bits per heavy atom. The third-order valence-electron chi connectivity index (χ3n) is 19.1. The van der Waals surface area contributed by atoms with Gasteiger partial charge in [-0.3, -0.25) is 0 Å². The average molecular weight is 1220 g/mol. The Morgan fingerprint density at radius 2 is 0.356 bits per heavy atom. The minimum atomic E-state index is -1.85. The minimum absolute atomic E-state index is 0.334. The number of benzene rings is 1. The van der Waals surface area contributed by atoms with Gasteiger partial charge in [-0.05, 0) is 69.8 Å². The molecular weight excluding hydrogens is 1060 g/mol. The van der Waals surface area contributed by atoms with E-state index in [9.17, 15) is 10.0 Å². The molecule has 0 aliphatic heterocycles. The van der Waals surface area contributed by atoms with Gasteiger partial charge in [-0.25, -0.2) is 0 Å². The van der Waals surface area contributed by atoms with Crippen LogP contribution in [0.5, 0.6) is 0 Å². The van der Waals surface area contributed by atoms with E-state index in [4.69, 9.17) is 0 Å². The van der Waals surface area contributed by atoms with Gasteiger partial charge >= 0.3 is 0 Å². The number of rotatable bonds is 72. The van der Waals surface area contributed by atoms with Crippen LogP contribution in [0.25, 0.3) is 0 Å². The third kappa shape index (κ3) is 81.2. The Hall–Kier alpha value is -0.875. The standard InChI is InChI=1S/2C36H75N.C10H13BO2/c2*1-3-5-7-9-11-13-15-17-19-21-23-25-27-29-31-33-35-37-36-34-32-30-28-26-24-22-20-18-16-14-12-10-8-6-4-2;1-2-3-4-9-5-7-10(8-6-9)11(12)13/h2*37H,3-36H2,1-2H3;5-8H,2-4H2,1H3/q;;-2/p+2. The van der Waals surface area contributed by atoms with Crippen molar-refractivity contribution in [1.29, 1.82) is 0 Å². The molecule has 4 N–H and O–H groups in total. The largest absolute Gasteiger partial charge is 0.889 e. The van der Waals surface area contributed by atoms with Crippen LogP contribution in [0, 0.1) is 0 Å². The van der Waals surface area contributed by atoms with E-state index in [0.717, 1.165) is 19.3 Å². The molecule has 1 aromatic rings. The van der Waals surface area contributed by atoms with Gasteiger partial charge in [0, 0.05) is 0 Å². The molecule has 5 heteroatoms. The van der Waals surface area contributed by atoms with Crippen molar-refractivity contribution in [2.45, 2.75) is 465 Å². The summed E-state index contributed by atoms with van der Waals surface area (Å²) in [4.78, 5) is 0. The molecule has 0 spiro atoms. The lowest BCUT2D eigenvalue weighted by molar-refractivity contribution is -0.655. The summed E-state index contributed by atoms with van der Waals surface area (Å²) < 4.78 is 0. The Kier molecular flexibility index (Phi) is 84.3. The SMILES string of the molecule is CCCCCCCCCCCCCCCCCC[NH2+]CCCCCCCCCCCCCCCCCC.CCCCCCCCCCCCCCCCCC[NH2+]CCCCCCCCCCCCCCCCCC.CCCCc1ccc(B([O-])[O-])cc1. The molecule has 4 nitrogen and oxygen atoms in total. The molecule has 0 unspecified atom stereocenters. The molecule has 0 saturated heterocycles. The Bertz CT molecular complexity index is 1150. The summed E-state index contributed by atoms with van der Waals surface area (Å²) in [6, 6.07) is 7.01. The smallest absolute Gasteiger partial charge is 0.0755 e. The summed E-state index contributed by atoms with van der Waals surface area (Å²) in [5.41, 5.74) is 1.53. The molecule has 0 aromatic heterocycles. The number of unbranched alkanes of at least 4 members (excludes halogenated alkanes) is 61. The van der Waals surface area contributed by atoms with Gasteiger partial charge in [0.1, 0.15) is 0 Å². The van der Waals surface area contributed by atoms with Gasteiger partial charge < -0.3 is 20.7 Å². The van der Waals surface area contributed by atoms with E-state index in [1.54, 1.807) is 12.1 Å². The van der Waals surface area contributed by atoms with E-state index in [-0.39, 0.29) is 0 Å². The summed E-state index contributed by atoms with van der Waals surface area (Å²) in [5, 5.41) is 26.2. The molecule has 87 heavy (non-hydrogen) atoms. The van der Waals surface area contributed by atoms with Crippen LogP contribution in [0.15, 0.2) is 24.3 Å². The van der Waals surface area contributed by atoms with Crippen molar-refractivity contribution in [2.75, 3.05) is 26.2 Å². The molecule has 0 amide bonds. The Balaban J connectivity index is 0. The fourth-order valence-electron chi connectivity index (χ4n) is 12.9.